The Morgan fingerprint density at radius 1 is 1.33 bits per heavy atom. The molecule has 2 unspecified atom stereocenters. The van der Waals surface area contributed by atoms with Gasteiger partial charge in [-0.2, -0.15) is 5.26 Å². The molecule has 4 heteroatoms. The maximum atomic E-state index is 14.0. The first-order valence-corrected chi connectivity index (χ1v) is 7.63. The lowest BCUT2D eigenvalue weighted by atomic mass is 9.77. The summed E-state index contributed by atoms with van der Waals surface area (Å²) in [5.74, 6) is -0.649. The number of benzene rings is 1. The fourth-order valence-electron chi connectivity index (χ4n) is 3.66. The van der Waals surface area contributed by atoms with Gasteiger partial charge in [-0.1, -0.05) is 12.5 Å². The molecule has 2 atom stereocenters. The van der Waals surface area contributed by atoms with Gasteiger partial charge in [-0.15, -0.1) is 0 Å². The summed E-state index contributed by atoms with van der Waals surface area (Å²) in [5.41, 5.74) is 0.865. The number of piperidine rings is 2. The van der Waals surface area contributed by atoms with Gasteiger partial charge in [0.1, 0.15) is 5.82 Å². The van der Waals surface area contributed by atoms with E-state index >= 15 is 0 Å². The molecule has 110 valence electrons. The third kappa shape index (κ3) is 2.98. The number of nitrogens with one attached hydrogen (secondary N) is 1. The molecule has 0 amide bonds. The molecule has 3 rings (SSSR count). The number of ketones is 1. The molecule has 21 heavy (non-hydrogen) atoms. The van der Waals surface area contributed by atoms with Crippen molar-refractivity contribution in [2.75, 3.05) is 0 Å². The molecule has 2 bridgehead atoms. The maximum absolute atomic E-state index is 14.0. The van der Waals surface area contributed by atoms with E-state index in [0.29, 0.717) is 17.6 Å². The molecular weight excluding hydrogens is 267 g/mol. The average Bonchev–Trinajstić information content (AvgIpc) is 2.48. The minimum absolute atomic E-state index is 0.0895. The van der Waals surface area contributed by atoms with Gasteiger partial charge in [-0.3, -0.25) is 4.79 Å². The molecule has 0 radical (unpaired) electrons. The molecule has 3 nitrogen and oxygen atoms in total. The highest BCUT2D eigenvalue weighted by molar-refractivity contribution is 5.98. The zero-order valence-electron chi connectivity index (χ0n) is 11.9. The summed E-state index contributed by atoms with van der Waals surface area (Å²) in [6.45, 7) is 0. The second-order valence-corrected chi connectivity index (χ2v) is 6.17. The lowest BCUT2D eigenvalue weighted by molar-refractivity contribution is 0.0821. The summed E-state index contributed by atoms with van der Waals surface area (Å²) in [7, 11) is 0. The van der Waals surface area contributed by atoms with E-state index in [1.165, 1.54) is 12.5 Å². The SMILES string of the molecule is N#CCc1ccc(F)c(C(=O)C2CC3CCCC(C2)N3)c1. The highest BCUT2D eigenvalue weighted by Gasteiger charge is 2.35. The molecule has 2 aliphatic heterocycles. The molecule has 1 N–H and O–H groups in total. The van der Waals surface area contributed by atoms with E-state index in [9.17, 15) is 9.18 Å². The van der Waals surface area contributed by atoms with Gasteiger partial charge in [0.05, 0.1) is 18.1 Å². The molecule has 2 aliphatic rings. The predicted octanol–water partition coefficient (Wildman–Crippen LogP) is 3.00. The van der Waals surface area contributed by atoms with Crippen LogP contribution >= 0.6 is 0 Å². The van der Waals surface area contributed by atoms with Crippen LogP contribution in [-0.2, 0) is 6.42 Å². The van der Waals surface area contributed by atoms with Crippen molar-refractivity contribution in [2.24, 2.45) is 5.92 Å². The predicted molar refractivity (Wildman–Crippen MR) is 77.3 cm³/mol. The molecule has 2 saturated heterocycles. The van der Waals surface area contributed by atoms with Crippen LogP contribution in [0.1, 0.15) is 48.0 Å². The Morgan fingerprint density at radius 3 is 2.71 bits per heavy atom. The second kappa shape index (κ2) is 5.95. The van der Waals surface area contributed by atoms with E-state index in [1.807, 2.05) is 6.07 Å². The van der Waals surface area contributed by atoms with Crippen molar-refractivity contribution < 1.29 is 9.18 Å². The number of nitriles is 1. The monoisotopic (exact) mass is 286 g/mol. The summed E-state index contributed by atoms with van der Waals surface area (Å²) >= 11 is 0. The molecule has 0 saturated carbocycles. The van der Waals surface area contributed by atoms with Gasteiger partial charge in [0.25, 0.3) is 0 Å². The Kier molecular flexibility index (Phi) is 4.03. The van der Waals surface area contributed by atoms with Gasteiger partial charge in [0.15, 0.2) is 5.78 Å². The quantitative estimate of drug-likeness (QED) is 0.869. The first kappa shape index (κ1) is 14.2. The number of hydrogen-bond donors (Lipinski definition) is 1. The van der Waals surface area contributed by atoms with Gasteiger partial charge < -0.3 is 5.32 Å². The van der Waals surface area contributed by atoms with Crippen LogP contribution in [0.3, 0.4) is 0 Å². The second-order valence-electron chi connectivity index (χ2n) is 6.17. The maximum Gasteiger partial charge on any atom is 0.169 e. The molecular formula is C17H19FN2O. The van der Waals surface area contributed by atoms with E-state index < -0.39 is 5.82 Å². The van der Waals surface area contributed by atoms with Crippen molar-refractivity contribution in [1.29, 1.82) is 5.26 Å². The van der Waals surface area contributed by atoms with E-state index in [0.717, 1.165) is 25.7 Å². The van der Waals surface area contributed by atoms with Gasteiger partial charge in [0, 0.05) is 18.0 Å². The van der Waals surface area contributed by atoms with Crippen LogP contribution in [0.15, 0.2) is 18.2 Å². The fraction of sp³-hybridized carbons (Fsp3) is 0.529. The van der Waals surface area contributed by atoms with E-state index in [-0.39, 0.29) is 23.7 Å². The van der Waals surface area contributed by atoms with Gasteiger partial charge in [-0.05, 0) is 43.4 Å². The fourth-order valence-corrected chi connectivity index (χ4v) is 3.66. The number of rotatable bonds is 3. The van der Waals surface area contributed by atoms with E-state index in [1.54, 1.807) is 12.1 Å². The smallest absolute Gasteiger partial charge is 0.169 e. The number of halogens is 1. The average molecular weight is 286 g/mol. The van der Waals surface area contributed by atoms with Gasteiger partial charge in [-0.25, -0.2) is 4.39 Å². The Bertz CT molecular complexity index is 581. The molecule has 0 aliphatic carbocycles. The summed E-state index contributed by atoms with van der Waals surface area (Å²) < 4.78 is 14.0. The Balaban J connectivity index is 1.81. The standard InChI is InChI=1S/C17H19FN2O/c18-16-5-4-11(6-7-19)8-15(16)17(21)12-9-13-2-1-3-14(10-12)20-13/h4-5,8,12-14,20H,1-3,6,9-10H2. The number of carbonyl (C=O) groups excluding carboxylic acids is 1. The van der Waals surface area contributed by atoms with Crippen LogP contribution in [0.2, 0.25) is 0 Å². The van der Waals surface area contributed by atoms with Crippen LogP contribution in [0.25, 0.3) is 0 Å². The normalized spacial score (nSPS) is 27.9. The van der Waals surface area contributed by atoms with Crippen molar-refractivity contribution in [1.82, 2.24) is 5.32 Å². The van der Waals surface area contributed by atoms with Crippen molar-refractivity contribution >= 4 is 5.78 Å². The minimum Gasteiger partial charge on any atom is -0.311 e. The van der Waals surface area contributed by atoms with Crippen LogP contribution in [0.5, 0.6) is 0 Å². The van der Waals surface area contributed by atoms with Crippen molar-refractivity contribution in [3.05, 3.63) is 35.1 Å². The molecule has 1 aromatic carbocycles. The van der Waals surface area contributed by atoms with Crippen LogP contribution in [-0.4, -0.2) is 17.9 Å². The highest BCUT2D eigenvalue weighted by Crippen LogP contribution is 2.32. The van der Waals surface area contributed by atoms with Crippen molar-refractivity contribution in [2.45, 2.75) is 50.6 Å². The van der Waals surface area contributed by atoms with Crippen molar-refractivity contribution in [3.63, 3.8) is 0 Å². The molecule has 0 spiro atoms. The van der Waals surface area contributed by atoms with Gasteiger partial charge in [0.2, 0.25) is 0 Å². The number of nitrogens with zero attached hydrogens (tertiary/aromatic N) is 1. The summed E-state index contributed by atoms with van der Waals surface area (Å²) in [5, 5.41) is 12.3. The van der Waals surface area contributed by atoms with Crippen LogP contribution < -0.4 is 5.32 Å². The molecule has 1 aromatic rings. The van der Waals surface area contributed by atoms with Crippen LogP contribution in [0.4, 0.5) is 4.39 Å². The molecule has 2 fully saturated rings. The Morgan fingerprint density at radius 2 is 2.05 bits per heavy atom. The first-order valence-electron chi connectivity index (χ1n) is 7.63. The minimum atomic E-state index is -0.467. The largest absolute Gasteiger partial charge is 0.311 e. The number of fused-ring (bicyclic) bond motifs is 2. The lowest BCUT2D eigenvalue weighted by Gasteiger charge is -2.39. The zero-order valence-corrected chi connectivity index (χ0v) is 11.9. The first-order chi connectivity index (χ1) is 10.2. The number of hydrogen-bond acceptors (Lipinski definition) is 3. The third-order valence-corrected chi connectivity index (χ3v) is 4.66. The third-order valence-electron chi connectivity index (χ3n) is 4.66. The Labute approximate surface area is 124 Å². The van der Waals surface area contributed by atoms with Crippen LogP contribution in [0, 0.1) is 23.1 Å². The lowest BCUT2D eigenvalue weighted by Crippen LogP contribution is -2.50. The topological polar surface area (TPSA) is 52.9 Å². The van der Waals surface area contributed by atoms with E-state index in [4.69, 9.17) is 5.26 Å². The zero-order chi connectivity index (χ0) is 14.8. The summed E-state index contributed by atoms with van der Waals surface area (Å²) in [4.78, 5) is 12.7. The molecule has 2 heterocycles. The number of Topliss-reactive ketones (excluding diaryl/α,β-unsaturated/α-hetero) is 1. The summed E-state index contributed by atoms with van der Waals surface area (Å²) in [6.07, 6.45) is 5.25. The number of carbonyl (C=O) groups is 1. The Hall–Kier alpha value is -1.73. The summed E-state index contributed by atoms with van der Waals surface area (Å²) in [6, 6.07) is 7.27. The van der Waals surface area contributed by atoms with Gasteiger partial charge >= 0.3 is 0 Å². The highest BCUT2D eigenvalue weighted by atomic mass is 19.1. The molecule has 0 aromatic heterocycles. The van der Waals surface area contributed by atoms with Crippen molar-refractivity contribution in [3.8, 4) is 6.07 Å². The van der Waals surface area contributed by atoms with E-state index in [2.05, 4.69) is 5.32 Å².